The molecule has 1 saturated carbocycles. The molecule has 106 valence electrons. The van der Waals surface area contributed by atoms with Crippen molar-refractivity contribution in [3.63, 3.8) is 0 Å². The van der Waals surface area contributed by atoms with Crippen LogP contribution in [0.4, 0.5) is 5.69 Å². The zero-order chi connectivity index (χ0) is 13.8. The van der Waals surface area contributed by atoms with Gasteiger partial charge in [0, 0.05) is 18.3 Å². The fraction of sp³-hybridized carbons (Fsp3) is 0.692. The minimum absolute atomic E-state index is 0.0316. The van der Waals surface area contributed by atoms with Gasteiger partial charge in [-0.25, -0.2) is 4.68 Å². The molecule has 6 heteroatoms. The van der Waals surface area contributed by atoms with Crippen LogP contribution in [0.2, 0.25) is 0 Å². The van der Waals surface area contributed by atoms with E-state index in [2.05, 4.69) is 39.5 Å². The maximum atomic E-state index is 12.2. The Hall–Kier alpha value is -0.490. The summed E-state index contributed by atoms with van der Waals surface area (Å²) < 4.78 is 2.17. The minimum atomic E-state index is -0.0316. The van der Waals surface area contributed by atoms with Gasteiger partial charge in [-0.1, -0.05) is 6.92 Å². The van der Waals surface area contributed by atoms with E-state index in [4.69, 9.17) is 0 Å². The second-order valence-electron chi connectivity index (χ2n) is 5.01. The number of halogens is 1. The molecule has 1 atom stereocenters. The van der Waals surface area contributed by atoms with Crippen molar-refractivity contribution in [3.8, 4) is 0 Å². The number of rotatable bonds is 7. The van der Waals surface area contributed by atoms with Crippen molar-refractivity contribution in [1.82, 2.24) is 9.78 Å². The molecule has 1 aliphatic carbocycles. The fourth-order valence-corrected chi connectivity index (χ4v) is 3.07. The van der Waals surface area contributed by atoms with Crippen molar-refractivity contribution in [3.05, 3.63) is 21.0 Å². The Morgan fingerprint density at radius 2 is 2.37 bits per heavy atom. The predicted octanol–water partition coefficient (Wildman–Crippen LogP) is 2.97. The Labute approximate surface area is 126 Å². The molecule has 1 fully saturated rings. The summed E-state index contributed by atoms with van der Waals surface area (Å²) in [6, 6.07) is 0.367. The highest BCUT2D eigenvalue weighted by molar-refractivity contribution is 9.10. The van der Waals surface area contributed by atoms with E-state index in [-0.39, 0.29) is 5.56 Å². The Bertz CT molecular complexity index is 487. The van der Waals surface area contributed by atoms with E-state index < -0.39 is 0 Å². The van der Waals surface area contributed by atoms with Crippen molar-refractivity contribution in [2.75, 3.05) is 17.3 Å². The summed E-state index contributed by atoms with van der Waals surface area (Å²) in [7, 11) is 0. The zero-order valence-electron chi connectivity index (χ0n) is 11.4. The standard InChI is InChI=1S/C13H20BrN3OS/c1-3-10(8-19-2)16-11-6-15-17(7-9-4-5-9)13(18)12(11)14/h6,9-10,16H,3-5,7-8H2,1-2H3. The summed E-state index contributed by atoms with van der Waals surface area (Å²) in [6.07, 6.45) is 7.31. The molecule has 1 aliphatic rings. The van der Waals surface area contributed by atoms with Crippen molar-refractivity contribution >= 4 is 33.4 Å². The number of nitrogens with zero attached hydrogens (tertiary/aromatic N) is 2. The van der Waals surface area contributed by atoms with Gasteiger partial charge >= 0.3 is 0 Å². The number of nitrogens with one attached hydrogen (secondary N) is 1. The number of thioether (sulfide) groups is 1. The van der Waals surface area contributed by atoms with Gasteiger partial charge in [0.05, 0.1) is 11.9 Å². The van der Waals surface area contributed by atoms with E-state index in [0.29, 0.717) is 16.4 Å². The van der Waals surface area contributed by atoms with Crippen LogP contribution >= 0.6 is 27.7 Å². The molecule has 1 aromatic heterocycles. The number of hydrogen-bond acceptors (Lipinski definition) is 4. The van der Waals surface area contributed by atoms with Crippen LogP contribution in [0.25, 0.3) is 0 Å². The monoisotopic (exact) mass is 345 g/mol. The molecule has 0 amide bonds. The first-order chi connectivity index (χ1) is 9.15. The smallest absolute Gasteiger partial charge is 0.283 e. The maximum Gasteiger partial charge on any atom is 0.283 e. The van der Waals surface area contributed by atoms with Crippen molar-refractivity contribution in [2.45, 2.75) is 38.8 Å². The molecule has 0 aromatic carbocycles. The number of aromatic nitrogens is 2. The molecule has 4 nitrogen and oxygen atoms in total. The largest absolute Gasteiger partial charge is 0.379 e. The predicted molar refractivity (Wildman–Crippen MR) is 85.0 cm³/mol. The molecule has 1 aromatic rings. The van der Waals surface area contributed by atoms with Gasteiger partial charge in [0.15, 0.2) is 0 Å². The van der Waals surface area contributed by atoms with Crippen molar-refractivity contribution in [2.24, 2.45) is 5.92 Å². The van der Waals surface area contributed by atoms with Gasteiger partial charge in [0.1, 0.15) is 4.47 Å². The lowest BCUT2D eigenvalue weighted by molar-refractivity contribution is 0.531. The highest BCUT2D eigenvalue weighted by atomic mass is 79.9. The Morgan fingerprint density at radius 1 is 1.63 bits per heavy atom. The molecule has 1 unspecified atom stereocenters. The summed E-state index contributed by atoms with van der Waals surface area (Å²) in [6.45, 7) is 2.89. The van der Waals surface area contributed by atoms with E-state index in [1.165, 1.54) is 12.8 Å². The lowest BCUT2D eigenvalue weighted by Gasteiger charge is -2.18. The van der Waals surface area contributed by atoms with Crippen molar-refractivity contribution in [1.29, 1.82) is 0 Å². The summed E-state index contributed by atoms with van der Waals surface area (Å²) >= 11 is 5.21. The van der Waals surface area contributed by atoms with Crippen molar-refractivity contribution < 1.29 is 0 Å². The molecule has 0 radical (unpaired) electrons. The molecule has 1 heterocycles. The fourth-order valence-electron chi connectivity index (χ4n) is 1.92. The lowest BCUT2D eigenvalue weighted by Crippen LogP contribution is -2.28. The van der Waals surface area contributed by atoms with Crippen LogP contribution in [0.3, 0.4) is 0 Å². The first-order valence-corrected chi connectivity index (χ1v) is 8.85. The van der Waals surface area contributed by atoms with Gasteiger partial charge in [0.25, 0.3) is 5.56 Å². The SMILES string of the molecule is CCC(CSC)Nc1cnn(CC2CC2)c(=O)c1Br. The van der Waals surface area contributed by atoms with Gasteiger partial charge in [-0.05, 0) is 47.4 Å². The zero-order valence-corrected chi connectivity index (χ0v) is 13.8. The highest BCUT2D eigenvalue weighted by Crippen LogP contribution is 2.30. The Kier molecular flexibility index (Phi) is 5.33. The molecule has 19 heavy (non-hydrogen) atoms. The van der Waals surface area contributed by atoms with Crippen LogP contribution in [0.5, 0.6) is 0 Å². The number of anilines is 1. The van der Waals surface area contributed by atoms with Gasteiger partial charge < -0.3 is 5.32 Å². The molecule has 1 N–H and O–H groups in total. The van der Waals surface area contributed by atoms with Crippen LogP contribution in [0, 0.1) is 5.92 Å². The third-order valence-electron chi connectivity index (χ3n) is 3.33. The topological polar surface area (TPSA) is 46.9 Å². The van der Waals surface area contributed by atoms with Gasteiger partial charge in [0.2, 0.25) is 0 Å². The van der Waals surface area contributed by atoms with E-state index in [1.54, 1.807) is 22.6 Å². The normalized spacial score (nSPS) is 16.4. The molecule has 2 rings (SSSR count). The van der Waals surface area contributed by atoms with E-state index >= 15 is 0 Å². The van der Waals surface area contributed by atoms with Gasteiger partial charge in [-0.15, -0.1) is 0 Å². The minimum Gasteiger partial charge on any atom is -0.379 e. The molecular weight excluding hydrogens is 326 g/mol. The third kappa shape index (κ3) is 3.99. The average molecular weight is 346 g/mol. The van der Waals surface area contributed by atoms with Crippen LogP contribution < -0.4 is 10.9 Å². The van der Waals surface area contributed by atoms with Gasteiger partial charge in [-0.3, -0.25) is 4.79 Å². The quantitative estimate of drug-likeness (QED) is 0.825. The molecule has 0 aliphatic heterocycles. The summed E-state index contributed by atoms with van der Waals surface area (Å²) in [4.78, 5) is 12.2. The highest BCUT2D eigenvalue weighted by Gasteiger charge is 2.23. The Morgan fingerprint density at radius 3 is 2.95 bits per heavy atom. The maximum absolute atomic E-state index is 12.2. The molecule has 0 bridgehead atoms. The van der Waals surface area contributed by atoms with Gasteiger partial charge in [-0.2, -0.15) is 16.9 Å². The Balaban J connectivity index is 2.12. The summed E-state index contributed by atoms with van der Waals surface area (Å²) in [5, 5.41) is 7.66. The first kappa shape index (κ1) is 14.9. The average Bonchev–Trinajstić information content (AvgIpc) is 3.21. The summed E-state index contributed by atoms with van der Waals surface area (Å²) in [5.74, 6) is 1.67. The molecule has 0 saturated heterocycles. The molecular formula is C13H20BrN3OS. The van der Waals surface area contributed by atoms with Crippen LogP contribution in [0.1, 0.15) is 26.2 Å². The third-order valence-corrected chi connectivity index (χ3v) is 4.84. The lowest BCUT2D eigenvalue weighted by atomic mass is 10.2. The van der Waals surface area contributed by atoms with E-state index in [0.717, 1.165) is 24.4 Å². The van der Waals surface area contributed by atoms with Crippen LogP contribution in [0.15, 0.2) is 15.5 Å². The second-order valence-corrected chi connectivity index (χ2v) is 6.71. The van der Waals surface area contributed by atoms with Crippen LogP contribution in [-0.2, 0) is 6.54 Å². The summed E-state index contributed by atoms with van der Waals surface area (Å²) in [5.41, 5.74) is 0.772. The van der Waals surface area contributed by atoms with Crippen LogP contribution in [-0.4, -0.2) is 27.8 Å². The first-order valence-electron chi connectivity index (χ1n) is 6.66. The molecule has 0 spiro atoms. The van der Waals surface area contributed by atoms with E-state index in [1.807, 2.05) is 0 Å². The number of hydrogen-bond donors (Lipinski definition) is 1. The second kappa shape index (κ2) is 6.79. The van der Waals surface area contributed by atoms with E-state index in [9.17, 15) is 4.79 Å².